The number of hydrogen-bond acceptors (Lipinski definition) is 4. The van der Waals surface area contributed by atoms with Crippen molar-refractivity contribution in [3.05, 3.63) is 29.8 Å². The number of likely N-dealkylation sites (N-methyl/N-ethyl adjacent to an activating group) is 1. The first-order valence-corrected chi connectivity index (χ1v) is 8.67. The predicted molar refractivity (Wildman–Crippen MR) is 84.6 cm³/mol. The van der Waals surface area contributed by atoms with E-state index in [1.54, 1.807) is 32.9 Å². The molecule has 0 amide bonds. The molecule has 1 aromatic carbocycles. The van der Waals surface area contributed by atoms with Crippen molar-refractivity contribution in [1.82, 2.24) is 9.62 Å². The quantitative estimate of drug-likeness (QED) is 0.764. The van der Waals surface area contributed by atoms with E-state index in [1.807, 2.05) is 19.1 Å². The highest BCUT2D eigenvalue weighted by molar-refractivity contribution is 7.89. The van der Waals surface area contributed by atoms with Crippen molar-refractivity contribution in [3.8, 4) is 0 Å². The van der Waals surface area contributed by atoms with Crippen LogP contribution in [0.4, 0.5) is 0 Å². The molecule has 1 aromatic rings. The van der Waals surface area contributed by atoms with Gasteiger partial charge in [-0.25, -0.2) is 8.42 Å². The molecule has 1 rings (SSSR count). The van der Waals surface area contributed by atoms with Gasteiger partial charge >= 0.3 is 0 Å². The summed E-state index contributed by atoms with van der Waals surface area (Å²) in [4.78, 5) is 0.258. The Bertz CT molecular complexity index is 533. The van der Waals surface area contributed by atoms with Gasteiger partial charge in [0, 0.05) is 19.6 Å². The third-order valence-corrected chi connectivity index (χ3v) is 4.99. The zero-order valence-electron chi connectivity index (χ0n) is 13.3. The fourth-order valence-corrected chi connectivity index (χ4v) is 3.60. The topological polar surface area (TPSA) is 69.6 Å². The van der Waals surface area contributed by atoms with Gasteiger partial charge in [-0.05, 0) is 38.1 Å². The molecule has 0 aliphatic carbocycles. The summed E-state index contributed by atoms with van der Waals surface area (Å²) in [6.45, 7) is 8.98. The fraction of sp³-hybridized carbons (Fsp3) is 0.600. The minimum absolute atomic E-state index is 0.0744. The third kappa shape index (κ3) is 5.39. The number of aliphatic hydroxyl groups is 1. The summed E-state index contributed by atoms with van der Waals surface area (Å²) in [6, 6.07) is 6.87. The van der Waals surface area contributed by atoms with Crippen LogP contribution >= 0.6 is 0 Å². The van der Waals surface area contributed by atoms with E-state index >= 15 is 0 Å². The molecule has 0 saturated carbocycles. The second-order valence-electron chi connectivity index (χ2n) is 5.67. The van der Waals surface area contributed by atoms with Crippen LogP contribution in [0.3, 0.4) is 0 Å². The average Bonchev–Trinajstić information content (AvgIpc) is 2.41. The van der Waals surface area contributed by atoms with Crippen molar-refractivity contribution in [2.75, 3.05) is 19.6 Å². The van der Waals surface area contributed by atoms with Gasteiger partial charge in [0.25, 0.3) is 0 Å². The fourth-order valence-electron chi connectivity index (χ4n) is 2.00. The zero-order chi connectivity index (χ0) is 16.1. The summed E-state index contributed by atoms with van der Waals surface area (Å²) < 4.78 is 26.4. The number of nitrogens with zero attached hydrogens (tertiary/aromatic N) is 1. The largest absolute Gasteiger partial charge is 0.389 e. The Morgan fingerprint density at radius 1 is 1.19 bits per heavy atom. The van der Waals surface area contributed by atoms with Crippen LogP contribution in [-0.4, -0.2) is 43.1 Å². The lowest BCUT2D eigenvalue weighted by Gasteiger charge is -2.27. The van der Waals surface area contributed by atoms with E-state index in [-0.39, 0.29) is 11.4 Å². The third-order valence-electron chi connectivity index (χ3n) is 3.06. The molecule has 0 aromatic heterocycles. The van der Waals surface area contributed by atoms with Crippen LogP contribution < -0.4 is 5.32 Å². The minimum Gasteiger partial charge on any atom is -0.389 e. The van der Waals surface area contributed by atoms with Gasteiger partial charge in [0.1, 0.15) is 0 Å². The van der Waals surface area contributed by atoms with Gasteiger partial charge in [-0.1, -0.05) is 26.0 Å². The van der Waals surface area contributed by atoms with Crippen LogP contribution in [0.1, 0.15) is 33.3 Å². The molecule has 0 radical (unpaired) electrons. The van der Waals surface area contributed by atoms with Crippen molar-refractivity contribution in [2.24, 2.45) is 0 Å². The van der Waals surface area contributed by atoms with Gasteiger partial charge in [-0.3, -0.25) is 0 Å². The van der Waals surface area contributed by atoms with Crippen molar-refractivity contribution >= 4 is 10.0 Å². The van der Waals surface area contributed by atoms with Crippen molar-refractivity contribution in [2.45, 2.75) is 44.7 Å². The molecule has 0 fully saturated rings. The van der Waals surface area contributed by atoms with Crippen molar-refractivity contribution in [3.63, 3.8) is 0 Å². The first-order valence-electron chi connectivity index (χ1n) is 7.23. The number of sulfonamides is 1. The summed E-state index contributed by atoms with van der Waals surface area (Å²) in [5, 5.41) is 13.1. The predicted octanol–water partition coefficient (Wildman–Crippen LogP) is 1.58. The average molecular weight is 314 g/mol. The molecule has 0 bridgehead atoms. The number of nitrogens with one attached hydrogen (secondary N) is 1. The smallest absolute Gasteiger partial charge is 0.243 e. The summed E-state index contributed by atoms with van der Waals surface area (Å²) >= 11 is 0. The molecule has 120 valence electrons. The minimum atomic E-state index is -3.57. The van der Waals surface area contributed by atoms with Crippen LogP contribution in [0.15, 0.2) is 29.2 Å². The Morgan fingerprint density at radius 3 is 2.19 bits per heavy atom. The van der Waals surface area contributed by atoms with Crippen molar-refractivity contribution in [1.29, 1.82) is 0 Å². The normalized spacial score (nSPS) is 12.9. The molecule has 0 saturated heterocycles. The first kappa shape index (κ1) is 18.1. The first-order chi connectivity index (χ1) is 9.70. The van der Waals surface area contributed by atoms with E-state index < -0.39 is 15.6 Å². The molecular weight excluding hydrogens is 288 g/mol. The molecular formula is C15H26N2O3S. The molecule has 0 aliphatic heterocycles. The second kappa shape index (κ2) is 7.35. The van der Waals surface area contributed by atoms with Crippen molar-refractivity contribution < 1.29 is 13.5 Å². The molecule has 0 spiro atoms. The maximum Gasteiger partial charge on any atom is 0.243 e. The van der Waals surface area contributed by atoms with Gasteiger partial charge in [-0.2, -0.15) is 4.31 Å². The SMILES string of the molecule is CCNCc1ccc(S(=O)(=O)N(CC)CC(C)(C)O)cc1. The molecule has 0 unspecified atom stereocenters. The summed E-state index contributed by atoms with van der Waals surface area (Å²) in [5.41, 5.74) is -0.0185. The van der Waals surface area contributed by atoms with Crippen LogP contribution in [0.5, 0.6) is 0 Å². The molecule has 6 heteroatoms. The lowest BCUT2D eigenvalue weighted by atomic mass is 10.1. The van der Waals surface area contributed by atoms with E-state index in [4.69, 9.17) is 0 Å². The Labute approximate surface area is 128 Å². The van der Waals surface area contributed by atoms with Crippen LogP contribution in [0.2, 0.25) is 0 Å². The number of hydrogen-bond donors (Lipinski definition) is 2. The van der Waals surface area contributed by atoms with Gasteiger partial charge in [0.2, 0.25) is 10.0 Å². The van der Waals surface area contributed by atoms with Crippen LogP contribution in [-0.2, 0) is 16.6 Å². The second-order valence-corrected chi connectivity index (χ2v) is 7.61. The molecule has 5 nitrogen and oxygen atoms in total. The molecule has 0 aliphatic rings. The highest BCUT2D eigenvalue weighted by atomic mass is 32.2. The summed E-state index contributed by atoms with van der Waals surface area (Å²) in [6.07, 6.45) is 0. The van der Waals surface area contributed by atoms with Crippen LogP contribution in [0, 0.1) is 0 Å². The Kier molecular flexibility index (Phi) is 6.34. The molecule has 0 atom stereocenters. The molecule has 21 heavy (non-hydrogen) atoms. The van der Waals surface area contributed by atoms with E-state index in [1.165, 1.54) is 4.31 Å². The Hall–Kier alpha value is -0.950. The highest BCUT2D eigenvalue weighted by Crippen LogP contribution is 2.18. The molecule has 0 heterocycles. The highest BCUT2D eigenvalue weighted by Gasteiger charge is 2.28. The monoisotopic (exact) mass is 314 g/mol. The summed E-state index contributed by atoms with van der Waals surface area (Å²) in [7, 11) is -3.57. The molecule has 2 N–H and O–H groups in total. The lowest BCUT2D eigenvalue weighted by Crippen LogP contribution is -2.42. The van der Waals surface area contributed by atoms with Gasteiger partial charge in [0.05, 0.1) is 10.5 Å². The van der Waals surface area contributed by atoms with Gasteiger partial charge < -0.3 is 10.4 Å². The zero-order valence-corrected chi connectivity index (χ0v) is 14.1. The van der Waals surface area contributed by atoms with Gasteiger partial charge in [-0.15, -0.1) is 0 Å². The summed E-state index contributed by atoms with van der Waals surface area (Å²) in [5.74, 6) is 0. The number of rotatable bonds is 8. The number of benzene rings is 1. The van der Waals surface area contributed by atoms with E-state index in [0.717, 1.165) is 18.7 Å². The van der Waals surface area contributed by atoms with Crippen LogP contribution in [0.25, 0.3) is 0 Å². The Morgan fingerprint density at radius 2 is 1.76 bits per heavy atom. The lowest BCUT2D eigenvalue weighted by molar-refractivity contribution is 0.0601. The Balaban J connectivity index is 2.95. The van der Waals surface area contributed by atoms with E-state index in [2.05, 4.69) is 5.32 Å². The van der Waals surface area contributed by atoms with E-state index in [0.29, 0.717) is 6.54 Å². The standard InChI is InChI=1S/C15H26N2O3S/c1-5-16-11-13-7-9-14(10-8-13)21(19,20)17(6-2)12-15(3,4)18/h7-10,16,18H,5-6,11-12H2,1-4H3. The van der Waals surface area contributed by atoms with Gasteiger partial charge in [0.15, 0.2) is 0 Å². The maximum absolute atomic E-state index is 12.6. The maximum atomic E-state index is 12.6. The van der Waals surface area contributed by atoms with E-state index in [9.17, 15) is 13.5 Å².